The first-order valence-corrected chi connectivity index (χ1v) is 8.21. The third-order valence-corrected chi connectivity index (χ3v) is 4.86. The van der Waals surface area contributed by atoms with E-state index in [0.717, 1.165) is 12.0 Å². The van der Waals surface area contributed by atoms with Gasteiger partial charge in [0.15, 0.2) is 5.04 Å². The minimum atomic E-state index is -3.53. The summed E-state index contributed by atoms with van der Waals surface area (Å²) in [5.74, 6) is 0. The van der Waals surface area contributed by atoms with Crippen molar-refractivity contribution >= 4 is 15.1 Å². The zero-order valence-corrected chi connectivity index (χ0v) is 14.1. The first-order chi connectivity index (χ1) is 9.29. The van der Waals surface area contributed by atoms with Crippen LogP contribution < -0.4 is 0 Å². The summed E-state index contributed by atoms with van der Waals surface area (Å²) in [4.78, 5) is 5.86. The van der Waals surface area contributed by atoms with Gasteiger partial charge in [-0.3, -0.25) is 4.99 Å². The first-order valence-electron chi connectivity index (χ1n) is 6.77. The van der Waals surface area contributed by atoms with Crippen LogP contribution in [0.4, 0.5) is 0 Å². The number of hydrogen-bond donors (Lipinski definition) is 0. The molecule has 116 valence electrons. The Hall–Kier alpha value is -0.980. The van der Waals surface area contributed by atoms with Gasteiger partial charge in [0.05, 0.1) is 0 Å². The maximum absolute atomic E-state index is 12.5. The van der Waals surface area contributed by atoms with E-state index in [1.807, 2.05) is 32.8 Å². The van der Waals surface area contributed by atoms with Crippen molar-refractivity contribution in [2.45, 2.75) is 20.3 Å². The number of likely N-dealkylation sites (N-methyl/N-ethyl adjacent to an activating group) is 2. The molecule has 0 aliphatic rings. The maximum Gasteiger partial charge on any atom is 0.260 e. The Morgan fingerprint density at radius 1 is 1.20 bits per heavy atom. The summed E-state index contributed by atoms with van der Waals surface area (Å²) < 4.78 is 26.4. The second-order valence-corrected chi connectivity index (χ2v) is 6.59. The van der Waals surface area contributed by atoms with E-state index in [9.17, 15) is 8.42 Å². The SMILES string of the molecule is C=C(/C=C\C(=NC)S(=O)(=O)N(CC)CCN(C)C)CC. The van der Waals surface area contributed by atoms with Gasteiger partial charge in [-0.05, 0) is 26.6 Å². The van der Waals surface area contributed by atoms with Crippen LogP contribution in [0.1, 0.15) is 20.3 Å². The lowest BCUT2D eigenvalue weighted by Gasteiger charge is -2.22. The molecule has 0 aromatic rings. The van der Waals surface area contributed by atoms with Crippen LogP contribution in [-0.4, -0.2) is 63.4 Å². The molecular weight excluding hydrogens is 274 g/mol. The molecule has 0 aromatic carbocycles. The van der Waals surface area contributed by atoms with E-state index >= 15 is 0 Å². The minimum absolute atomic E-state index is 0.0766. The van der Waals surface area contributed by atoms with Crippen LogP contribution in [-0.2, 0) is 10.0 Å². The standard InChI is InChI=1S/C14H27N3O2S/c1-7-13(3)9-10-14(15-4)20(18,19)17(8-2)12-11-16(5)6/h9-10H,3,7-8,11-12H2,1-2,4-6H3/b10-9-,15-14?. The largest absolute Gasteiger partial charge is 0.308 e. The number of hydrogen-bond acceptors (Lipinski definition) is 4. The third-order valence-electron chi connectivity index (χ3n) is 2.89. The van der Waals surface area contributed by atoms with Gasteiger partial charge >= 0.3 is 0 Å². The Morgan fingerprint density at radius 3 is 2.20 bits per heavy atom. The van der Waals surface area contributed by atoms with Crippen molar-refractivity contribution in [3.8, 4) is 0 Å². The van der Waals surface area contributed by atoms with E-state index in [4.69, 9.17) is 0 Å². The molecule has 0 aliphatic carbocycles. The molecule has 0 saturated carbocycles. The zero-order valence-electron chi connectivity index (χ0n) is 13.3. The maximum atomic E-state index is 12.5. The summed E-state index contributed by atoms with van der Waals surface area (Å²) in [5.41, 5.74) is 0.873. The van der Waals surface area contributed by atoms with Crippen LogP contribution >= 0.6 is 0 Å². The minimum Gasteiger partial charge on any atom is -0.308 e. The predicted octanol–water partition coefficient (Wildman–Crippen LogP) is 1.75. The first kappa shape index (κ1) is 19.0. The fraction of sp³-hybridized carbons (Fsp3) is 0.643. The highest BCUT2D eigenvalue weighted by Gasteiger charge is 2.24. The van der Waals surface area contributed by atoms with Gasteiger partial charge in [-0.2, -0.15) is 4.31 Å². The molecule has 0 rings (SSSR count). The Labute approximate surface area is 123 Å². The van der Waals surface area contributed by atoms with Gasteiger partial charge in [-0.1, -0.05) is 32.1 Å². The second-order valence-electron chi connectivity index (χ2n) is 4.71. The average molecular weight is 301 g/mol. The van der Waals surface area contributed by atoms with Crippen LogP contribution in [0.5, 0.6) is 0 Å². The highest BCUT2D eigenvalue weighted by molar-refractivity contribution is 8.04. The van der Waals surface area contributed by atoms with E-state index in [1.54, 1.807) is 6.08 Å². The van der Waals surface area contributed by atoms with Crippen molar-refractivity contribution in [2.24, 2.45) is 4.99 Å². The molecule has 0 atom stereocenters. The summed E-state index contributed by atoms with van der Waals surface area (Å²) in [6, 6.07) is 0. The second kappa shape index (κ2) is 9.05. The van der Waals surface area contributed by atoms with Crippen molar-refractivity contribution < 1.29 is 8.42 Å². The lowest BCUT2D eigenvalue weighted by atomic mass is 10.2. The summed E-state index contributed by atoms with van der Waals surface area (Å²) in [7, 11) is 1.79. The summed E-state index contributed by atoms with van der Waals surface area (Å²) in [6.07, 6.45) is 4.02. The Morgan fingerprint density at radius 2 is 1.80 bits per heavy atom. The van der Waals surface area contributed by atoms with Crippen molar-refractivity contribution in [3.05, 3.63) is 24.3 Å². The monoisotopic (exact) mass is 301 g/mol. The quantitative estimate of drug-likeness (QED) is 0.390. The summed E-state index contributed by atoms with van der Waals surface area (Å²) in [6.45, 7) is 9.19. The van der Waals surface area contributed by atoms with Crippen molar-refractivity contribution in [1.82, 2.24) is 9.21 Å². The molecule has 5 nitrogen and oxygen atoms in total. The van der Waals surface area contributed by atoms with Gasteiger partial charge < -0.3 is 4.90 Å². The lowest BCUT2D eigenvalue weighted by Crippen LogP contribution is -2.39. The van der Waals surface area contributed by atoms with E-state index in [1.165, 1.54) is 17.4 Å². The highest BCUT2D eigenvalue weighted by Crippen LogP contribution is 2.07. The smallest absolute Gasteiger partial charge is 0.260 e. The number of allylic oxidation sites excluding steroid dienone is 2. The molecule has 0 heterocycles. The van der Waals surface area contributed by atoms with Gasteiger partial charge in [-0.25, -0.2) is 8.42 Å². The summed E-state index contributed by atoms with van der Waals surface area (Å²) in [5, 5.41) is 0.0766. The molecule has 0 saturated heterocycles. The van der Waals surface area contributed by atoms with Crippen LogP contribution in [0.15, 0.2) is 29.3 Å². The fourth-order valence-corrected chi connectivity index (χ4v) is 2.87. The molecule has 0 N–H and O–H groups in total. The van der Waals surface area contributed by atoms with Gasteiger partial charge in [-0.15, -0.1) is 0 Å². The van der Waals surface area contributed by atoms with Gasteiger partial charge in [0.2, 0.25) is 0 Å². The molecule has 6 heteroatoms. The zero-order chi connectivity index (χ0) is 15.8. The number of rotatable bonds is 8. The van der Waals surface area contributed by atoms with Crippen molar-refractivity contribution in [1.29, 1.82) is 0 Å². The van der Waals surface area contributed by atoms with E-state index < -0.39 is 10.0 Å². The van der Waals surface area contributed by atoms with E-state index in [-0.39, 0.29) is 5.04 Å². The van der Waals surface area contributed by atoms with E-state index in [0.29, 0.717) is 19.6 Å². The van der Waals surface area contributed by atoms with Gasteiger partial charge in [0.1, 0.15) is 0 Å². The lowest BCUT2D eigenvalue weighted by molar-refractivity contribution is 0.343. The van der Waals surface area contributed by atoms with Crippen LogP contribution in [0.3, 0.4) is 0 Å². The predicted molar refractivity (Wildman–Crippen MR) is 86.7 cm³/mol. The third kappa shape index (κ3) is 5.98. The fourth-order valence-electron chi connectivity index (χ4n) is 1.47. The molecule has 0 aromatic heterocycles. The van der Waals surface area contributed by atoms with Crippen molar-refractivity contribution in [3.63, 3.8) is 0 Å². The molecule has 0 bridgehead atoms. The van der Waals surface area contributed by atoms with Crippen LogP contribution in [0.2, 0.25) is 0 Å². The molecule has 20 heavy (non-hydrogen) atoms. The van der Waals surface area contributed by atoms with Crippen molar-refractivity contribution in [2.75, 3.05) is 40.8 Å². The summed E-state index contributed by atoms with van der Waals surface area (Å²) >= 11 is 0. The Bertz CT molecular complexity index is 465. The number of nitrogens with zero attached hydrogens (tertiary/aromatic N) is 3. The average Bonchev–Trinajstić information content (AvgIpc) is 2.38. The molecule has 0 radical (unpaired) electrons. The molecule has 0 spiro atoms. The molecule has 0 aliphatic heterocycles. The Kier molecular flexibility index (Phi) is 8.60. The number of sulfonamides is 1. The topological polar surface area (TPSA) is 53.0 Å². The molecule has 0 unspecified atom stereocenters. The van der Waals surface area contributed by atoms with Crippen LogP contribution in [0, 0.1) is 0 Å². The van der Waals surface area contributed by atoms with Crippen LogP contribution in [0.25, 0.3) is 0 Å². The highest BCUT2D eigenvalue weighted by atomic mass is 32.2. The molecular formula is C14H27N3O2S. The van der Waals surface area contributed by atoms with E-state index in [2.05, 4.69) is 11.6 Å². The molecule has 0 fully saturated rings. The normalized spacial score (nSPS) is 13.7. The molecule has 0 amide bonds. The van der Waals surface area contributed by atoms with Gasteiger partial charge in [0, 0.05) is 26.7 Å². The Balaban J connectivity index is 5.14. The number of aliphatic imine (C=N–C) groups is 1. The van der Waals surface area contributed by atoms with Gasteiger partial charge in [0.25, 0.3) is 10.0 Å².